The van der Waals surface area contributed by atoms with E-state index in [4.69, 9.17) is 4.74 Å². The first kappa shape index (κ1) is 16.5. The van der Waals surface area contributed by atoms with Gasteiger partial charge < -0.3 is 14.6 Å². The number of nitrogens with one attached hydrogen (secondary N) is 1. The third-order valence-corrected chi connectivity index (χ3v) is 3.82. The summed E-state index contributed by atoms with van der Waals surface area (Å²) in [6, 6.07) is 19.7. The van der Waals surface area contributed by atoms with Gasteiger partial charge in [-0.25, -0.2) is 0 Å². The average molecular weight is 334 g/mol. The van der Waals surface area contributed by atoms with Crippen LogP contribution in [0.2, 0.25) is 0 Å². The molecule has 1 amide bonds. The lowest BCUT2D eigenvalue weighted by Crippen LogP contribution is -2.25. The maximum Gasteiger partial charge on any atom is 0.274 e. The Bertz CT molecular complexity index is 916. The first-order valence-corrected chi connectivity index (χ1v) is 7.86. The second kappa shape index (κ2) is 7.49. The van der Waals surface area contributed by atoms with E-state index in [2.05, 4.69) is 5.32 Å². The summed E-state index contributed by atoms with van der Waals surface area (Å²) in [5.41, 5.74) is 1.48. The molecule has 5 nitrogen and oxygen atoms in total. The highest BCUT2D eigenvalue weighted by atomic mass is 16.5. The molecule has 3 aromatic rings. The second-order valence-electron chi connectivity index (χ2n) is 5.52. The Morgan fingerprint density at radius 3 is 2.40 bits per heavy atom. The van der Waals surface area contributed by atoms with Gasteiger partial charge in [0, 0.05) is 11.8 Å². The molecule has 5 heteroatoms. The fourth-order valence-electron chi connectivity index (χ4n) is 2.47. The van der Waals surface area contributed by atoms with Crippen LogP contribution in [0.1, 0.15) is 15.9 Å². The van der Waals surface area contributed by atoms with Crippen LogP contribution in [0.4, 0.5) is 5.69 Å². The zero-order valence-electron chi connectivity index (χ0n) is 13.8. The number of hydrogen-bond donors (Lipinski definition) is 1. The molecule has 0 fully saturated rings. The van der Waals surface area contributed by atoms with Gasteiger partial charge in [0.05, 0.1) is 13.7 Å². The number of carbonyl (C=O) groups is 1. The molecule has 3 rings (SSSR count). The van der Waals surface area contributed by atoms with Crippen molar-refractivity contribution >= 4 is 11.6 Å². The topological polar surface area (TPSA) is 60.3 Å². The van der Waals surface area contributed by atoms with Crippen molar-refractivity contribution in [1.82, 2.24) is 4.57 Å². The summed E-state index contributed by atoms with van der Waals surface area (Å²) in [6.07, 6.45) is 1.71. The summed E-state index contributed by atoms with van der Waals surface area (Å²) < 4.78 is 6.64. The number of rotatable bonds is 5. The quantitative estimate of drug-likeness (QED) is 0.780. The van der Waals surface area contributed by atoms with Gasteiger partial charge in [-0.1, -0.05) is 30.3 Å². The van der Waals surface area contributed by atoms with Crippen molar-refractivity contribution in [3.63, 3.8) is 0 Å². The van der Waals surface area contributed by atoms with Crippen LogP contribution in [0.5, 0.6) is 5.75 Å². The predicted molar refractivity (Wildman–Crippen MR) is 97.2 cm³/mol. The number of ether oxygens (including phenoxy) is 1. The normalized spacial score (nSPS) is 10.3. The first-order valence-electron chi connectivity index (χ1n) is 7.86. The van der Waals surface area contributed by atoms with Crippen LogP contribution in [-0.4, -0.2) is 17.6 Å². The van der Waals surface area contributed by atoms with E-state index < -0.39 is 0 Å². The Labute approximate surface area is 145 Å². The molecule has 2 aromatic carbocycles. The molecule has 0 unspecified atom stereocenters. The molecule has 0 radical (unpaired) electrons. The molecule has 0 saturated heterocycles. The van der Waals surface area contributed by atoms with Crippen molar-refractivity contribution in [2.45, 2.75) is 6.54 Å². The first-order chi connectivity index (χ1) is 12.2. The lowest BCUT2D eigenvalue weighted by atomic mass is 10.2. The maximum atomic E-state index is 12.6. The molecule has 0 bridgehead atoms. The monoisotopic (exact) mass is 334 g/mol. The highest BCUT2D eigenvalue weighted by Crippen LogP contribution is 2.12. The number of hydrogen-bond acceptors (Lipinski definition) is 3. The molecule has 1 heterocycles. The van der Waals surface area contributed by atoms with Crippen molar-refractivity contribution in [3.05, 3.63) is 94.4 Å². The van der Waals surface area contributed by atoms with Crippen LogP contribution in [0.3, 0.4) is 0 Å². The summed E-state index contributed by atoms with van der Waals surface area (Å²) in [7, 11) is 1.56. The number of carbonyl (C=O) groups excluding carboxylic acids is 1. The fourth-order valence-corrected chi connectivity index (χ4v) is 2.47. The minimum absolute atomic E-state index is 0.242. The lowest BCUT2D eigenvalue weighted by Gasteiger charge is -2.10. The summed E-state index contributed by atoms with van der Waals surface area (Å²) in [6.45, 7) is 0.450. The number of aromatic nitrogens is 1. The number of pyridine rings is 1. The summed E-state index contributed by atoms with van der Waals surface area (Å²) >= 11 is 0. The predicted octanol–water partition coefficient (Wildman–Crippen LogP) is 3.16. The average Bonchev–Trinajstić information content (AvgIpc) is 2.66. The Hall–Kier alpha value is -3.34. The molecular formula is C20H18N2O3. The van der Waals surface area contributed by atoms with Gasteiger partial charge in [0.15, 0.2) is 0 Å². The molecule has 1 aromatic heterocycles. The van der Waals surface area contributed by atoms with Crippen molar-refractivity contribution in [3.8, 4) is 5.75 Å². The van der Waals surface area contributed by atoms with Crippen molar-refractivity contribution in [2.75, 3.05) is 12.4 Å². The van der Waals surface area contributed by atoms with Crippen LogP contribution < -0.4 is 15.6 Å². The highest BCUT2D eigenvalue weighted by molar-refractivity contribution is 6.04. The van der Waals surface area contributed by atoms with Gasteiger partial charge >= 0.3 is 0 Å². The molecule has 0 aliphatic heterocycles. The number of amides is 1. The maximum absolute atomic E-state index is 12.6. The number of benzene rings is 2. The molecule has 126 valence electrons. The Morgan fingerprint density at radius 1 is 1.00 bits per heavy atom. The zero-order valence-corrected chi connectivity index (χ0v) is 13.8. The third-order valence-electron chi connectivity index (χ3n) is 3.82. The van der Waals surface area contributed by atoms with Crippen LogP contribution in [0.25, 0.3) is 0 Å². The van der Waals surface area contributed by atoms with Crippen LogP contribution in [0.15, 0.2) is 77.7 Å². The van der Waals surface area contributed by atoms with E-state index in [-0.39, 0.29) is 17.2 Å². The minimum atomic E-state index is -0.336. The largest absolute Gasteiger partial charge is 0.497 e. The minimum Gasteiger partial charge on any atom is -0.497 e. The smallest absolute Gasteiger partial charge is 0.274 e. The summed E-state index contributed by atoms with van der Waals surface area (Å²) in [4.78, 5) is 24.9. The van der Waals surface area contributed by atoms with Crippen molar-refractivity contribution in [2.24, 2.45) is 0 Å². The molecule has 0 spiro atoms. The van der Waals surface area contributed by atoms with E-state index in [1.165, 1.54) is 0 Å². The van der Waals surface area contributed by atoms with E-state index in [9.17, 15) is 9.59 Å². The van der Waals surface area contributed by atoms with Gasteiger partial charge in [0.25, 0.3) is 11.5 Å². The van der Waals surface area contributed by atoms with E-state index in [1.54, 1.807) is 54.3 Å². The number of anilines is 1. The summed E-state index contributed by atoms with van der Waals surface area (Å²) in [5.74, 6) is 0.332. The highest BCUT2D eigenvalue weighted by Gasteiger charge is 2.10. The van der Waals surface area contributed by atoms with Crippen LogP contribution >= 0.6 is 0 Å². The molecule has 0 saturated carbocycles. The van der Waals surface area contributed by atoms with Gasteiger partial charge in [0.2, 0.25) is 0 Å². The second-order valence-corrected chi connectivity index (χ2v) is 5.52. The van der Waals surface area contributed by atoms with Gasteiger partial charge in [-0.3, -0.25) is 9.59 Å². The Kier molecular flexibility index (Phi) is 4.95. The van der Waals surface area contributed by atoms with Gasteiger partial charge in [-0.2, -0.15) is 0 Å². The fraction of sp³-hybridized carbons (Fsp3) is 0.100. The molecule has 0 atom stereocenters. The van der Waals surface area contributed by atoms with Crippen LogP contribution in [-0.2, 0) is 6.54 Å². The molecule has 1 N–H and O–H groups in total. The third kappa shape index (κ3) is 3.95. The Balaban J connectivity index is 1.79. The molecule has 25 heavy (non-hydrogen) atoms. The van der Waals surface area contributed by atoms with Gasteiger partial charge in [-0.05, 0) is 42.0 Å². The van der Waals surface area contributed by atoms with E-state index in [0.29, 0.717) is 17.9 Å². The lowest BCUT2D eigenvalue weighted by molar-refractivity contribution is 0.102. The van der Waals surface area contributed by atoms with E-state index in [1.807, 2.05) is 30.3 Å². The molecular weight excluding hydrogens is 316 g/mol. The Morgan fingerprint density at radius 2 is 1.72 bits per heavy atom. The van der Waals surface area contributed by atoms with Crippen molar-refractivity contribution < 1.29 is 9.53 Å². The molecule has 0 aliphatic carbocycles. The number of nitrogens with zero attached hydrogens (tertiary/aromatic N) is 1. The molecule has 0 aliphatic rings. The zero-order chi connectivity index (χ0) is 17.6. The number of methoxy groups -OCH3 is 1. The standard InChI is InChI=1S/C20H18N2O3/c1-25-17-11-9-16(10-12-17)19(23)21-18-8-5-13-22(20(18)24)14-15-6-3-2-4-7-15/h2-13H,14H2,1H3,(H,21,23). The van der Waals surface area contributed by atoms with Gasteiger partial charge in [0.1, 0.15) is 11.4 Å². The SMILES string of the molecule is COc1ccc(C(=O)Nc2cccn(Cc3ccccc3)c2=O)cc1. The van der Waals surface area contributed by atoms with Crippen LogP contribution in [0, 0.1) is 0 Å². The van der Waals surface area contributed by atoms with E-state index in [0.717, 1.165) is 5.56 Å². The van der Waals surface area contributed by atoms with Crippen molar-refractivity contribution in [1.29, 1.82) is 0 Å². The van der Waals surface area contributed by atoms with Gasteiger partial charge in [-0.15, -0.1) is 0 Å². The summed E-state index contributed by atoms with van der Waals surface area (Å²) in [5, 5.41) is 2.68. The van der Waals surface area contributed by atoms with E-state index >= 15 is 0 Å².